The van der Waals surface area contributed by atoms with Gasteiger partial charge in [0.1, 0.15) is 5.82 Å². The first-order chi connectivity index (χ1) is 8.81. The van der Waals surface area contributed by atoms with Crippen LogP contribution >= 0.6 is 22.6 Å². The van der Waals surface area contributed by atoms with Crippen LogP contribution in [0.3, 0.4) is 0 Å². The summed E-state index contributed by atoms with van der Waals surface area (Å²) in [6.45, 7) is 0.301. The summed E-state index contributed by atoms with van der Waals surface area (Å²) in [6.07, 6.45) is 0.00593. The quantitative estimate of drug-likeness (QED) is 0.566. The Bertz CT molecular complexity index is 487. The first kappa shape index (κ1) is 13.5. The van der Waals surface area contributed by atoms with Crippen LogP contribution in [0.1, 0.15) is 17.2 Å². The van der Waals surface area contributed by atoms with Crippen LogP contribution in [0.25, 0.3) is 0 Å². The molecule has 0 saturated carbocycles. The molecule has 2 rings (SSSR count). The van der Waals surface area contributed by atoms with E-state index in [2.05, 4.69) is 22.6 Å². The van der Waals surface area contributed by atoms with Crippen LogP contribution in [0, 0.1) is 5.82 Å². The van der Waals surface area contributed by atoms with E-state index >= 15 is 0 Å². The van der Waals surface area contributed by atoms with E-state index in [1.54, 1.807) is 12.1 Å². The molecule has 1 nitrogen and oxygen atoms in total. The van der Waals surface area contributed by atoms with Gasteiger partial charge in [0.05, 0.1) is 12.7 Å². The Morgan fingerprint density at radius 3 is 2.33 bits per heavy atom. The summed E-state index contributed by atoms with van der Waals surface area (Å²) in [5.74, 6) is -0.210. The predicted molar refractivity (Wildman–Crippen MR) is 79.3 cm³/mol. The molecule has 2 aromatic rings. The molecule has 1 unspecified atom stereocenters. The van der Waals surface area contributed by atoms with E-state index < -0.39 is 0 Å². The molecular weight excluding hydrogens is 342 g/mol. The zero-order valence-electron chi connectivity index (χ0n) is 9.85. The van der Waals surface area contributed by atoms with Gasteiger partial charge in [-0.2, -0.15) is 0 Å². The molecule has 0 spiro atoms. The lowest BCUT2D eigenvalue weighted by molar-refractivity contribution is 0.0560. The molecule has 0 fully saturated rings. The van der Waals surface area contributed by atoms with Gasteiger partial charge in [0, 0.05) is 9.99 Å². The third kappa shape index (κ3) is 3.53. The van der Waals surface area contributed by atoms with Crippen molar-refractivity contribution in [3.05, 3.63) is 71.5 Å². The highest BCUT2D eigenvalue weighted by molar-refractivity contribution is 14.1. The lowest BCUT2D eigenvalue weighted by Crippen LogP contribution is -2.06. The molecular formula is C15H14FIO. The Labute approximate surface area is 120 Å². The maximum atomic E-state index is 13.5. The molecule has 94 valence electrons. The van der Waals surface area contributed by atoms with Crippen LogP contribution in [0.2, 0.25) is 0 Å². The van der Waals surface area contributed by atoms with Crippen molar-refractivity contribution < 1.29 is 9.13 Å². The van der Waals surface area contributed by atoms with Crippen molar-refractivity contribution >= 4 is 22.6 Å². The van der Waals surface area contributed by atoms with Gasteiger partial charge < -0.3 is 4.74 Å². The third-order valence-corrected chi connectivity index (χ3v) is 3.51. The fourth-order valence-corrected chi connectivity index (χ4v) is 2.47. The standard InChI is InChI=1S/C15H14FIO/c16-14-9-5-4-8-13(14)11-18-15(10-17)12-6-2-1-3-7-12/h1-9,15H,10-11H2. The van der Waals surface area contributed by atoms with Gasteiger partial charge in [0.2, 0.25) is 0 Å². The highest BCUT2D eigenvalue weighted by Gasteiger charge is 2.11. The molecule has 0 aromatic heterocycles. The summed E-state index contributed by atoms with van der Waals surface area (Å²) in [6, 6.07) is 16.7. The number of ether oxygens (including phenoxy) is 1. The van der Waals surface area contributed by atoms with Crippen LogP contribution in [0.5, 0.6) is 0 Å². The highest BCUT2D eigenvalue weighted by Crippen LogP contribution is 2.21. The van der Waals surface area contributed by atoms with Crippen molar-refractivity contribution in [1.29, 1.82) is 0 Å². The molecule has 0 heterocycles. The normalized spacial score (nSPS) is 12.3. The molecule has 1 atom stereocenters. The summed E-state index contributed by atoms with van der Waals surface area (Å²) >= 11 is 2.29. The van der Waals surface area contributed by atoms with Gasteiger partial charge in [0.15, 0.2) is 0 Å². The number of rotatable bonds is 5. The predicted octanol–water partition coefficient (Wildman–Crippen LogP) is 4.52. The maximum absolute atomic E-state index is 13.5. The summed E-state index contributed by atoms with van der Waals surface area (Å²) in [5, 5.41) is 0. The van der Waals surface area contributed by atoms with E-state index in [-0.39, 0.29) is 11.9 Å². The minimum atomic E-state index is -0.210. The molecule has 0 saturated heterocycles. The topological polar surface area (TPSA) is 9.23 Å². The molecule has 0 aliphatic heterocycles. The summed E-state index contributed by atoms with van der Waals surface area (Å²) in [4.78, 5) is 0. The van der Waals surface area contributed by atoms with Gasteiger partial charge in [0.25, 0.3) is 0 Å². The van der Waals surface area contributed by atoms with Gasteiger partial charge in [-0.3, -0.25) is 0 Å². The van der Waals surface area contributed by atoms with Gasteiger partial charge in [-0.1, -0.05) is 71.1 Å². The summed E-state index contributed by atoms with van der Waals surface area (Å²) < 4.78 is 20.1. The van der Waals surface area contributed by atoms with Crippen LogP contribution < -0.4 is 0 Å². The van der Waals surface area contributed by atoms with Crippen molar-refractivity contribution in [1.82, 2.24) is 0 Å². The Hall–Kier alpha value is -0.940. The second-order valence-electron chi connectivity index (χ2n) is 3.96. The minimum Gasteiger partial charge on any atom is -0.368 e. The highest BCUT2D eigenvalue weighted by atomic mass is 127. The molecule has 0 N–H and O–H groups in total. The van der Waals surface area contributed by atoms with Crippen molar-refractivity contribution in [2.45, 2.75) is 12.7 Å². The fourth-order valence-electron chi connectivity index (χ4n) is 1.70. The molecule has 0 aliphatic carbocycles. The van der Waals surface area contributed by atoms with E-state index in [1.807, 2.05) is 36.4 Å². The van der Waals surface area contributed by atoms with E-state index in [4.69, 9.17) is 4.74 Å². The summed E-state index contributed by atoms with van der Waals surface area (Å²) in [7, 11) is 0. The lowest BCUT2D eigenvalue weighted by atomic mass is 10.1. The minimum absolute atomic E-state index is 0.00593. The number of hydrogen-bond donors (Lipinski definition) is 0. The number of halogens is 2. The molecule has 0 radical (unpaired) electrons. The number of hydrogen-bond acceptors (Lipinski definition) is 1. The second kappa shape index (κ2) is 6.85. The Morgan fingerprint density at radius 1 is 1.00 bits per heavy atom. The van der Waals surface area contributed by atoms with Crippen molar-refractivity contribution in [3.63, 3.8) is 0 Å². The molecule has 18 heavy (non-hydrogen) atoms. The molecule has 0 bridgehead atoms. The van der Waals surface area contributed by atoms with E-state index in [0.29, 0.717) is 12.2 Å². The van der Waals surface area contributed by atoms with Crippen molar-refractivity contribution in [2.75, 3.05) is 4.43 Å². The SMILES string of the molecule is Fc1ccccc1COC(CI)c1ccccc1. The zero-order valence-corrected chi connectivity index (χ0v) is 12.0. The number of benzene rings is 2. The van der Waals surface area contributed by atoms with E-state index in [9.17, 15) is 4.39 Å². The average molecular weight is 356 g/mol. The van der Waals surface area contributed by atoms with E-state index in [0.717, 1.165) is 9.99 Å². The van der Waals surface area contributed by atoms with Crippen molar-refractivity contribution in [3.8, 4) is 0 Å². The molecule has 3 heteroatoms. The first-order valence-electron chi connectivity index (χ1n) is 5.77. The van der Waals surface area contributed by atoms with E-state index in [1.165, 1.54) is 6.07 Å². The van der Waals surface area contributed by atoms with Crippen LogP contribution in [0.4, 0.5) is 4.39 Å². The van der Waals surface area contributed by atoms with Crippen LogP contribution in [0.15, 0.2) is 54.6 Å². The fraction of sp³-hybridized carbons (Fsp3) is 0.200. The van der Waals surface area contributed by atoms with Gasteiger partial charge in [-0.15, -0.1) is 0 Å². The Morgan fingerprint density at radius 2 is 1.67 bits per heavy atom. The first-order valence-corrected chi connectivity index (χ1v) is 7.29. The Balaban J connectivity index is 2.02. The molecule has 0 amide bonds. The van der Waals surface area contributed by atoms with Crippen LogP contribution in [-0.4, -0.2) is 4.43 Å². The Kier molecular flexibility index (Phi) is 5.13. The van der Waals surface area contributed by atoms with Gasteiger partial charge in [-0.25, -0.2) is 4.39 Å². The summed E-state index contributed by atoms with van der Waals surface area (Å²) in [5.41, 5.74) is 1.73. The second-order valence-corrected chi connectivity index (χ2v) is 4.84. The molecule has 2 aromatic carbocycles. The average Bonchev–Trinajstić information content (AvgIpc) is 2.42. The van der Waals surface area contributed by atoms with Gasteiger partial charge in [-0.05, 0) is 11.6 Å². The smallest absolute Gasteiger partial charge is 0.128 e. The lowest BCUT2D eigenvalue weighted by Gasteiger charge is -2.16. The molecule has 0 aliphatic rings. The number of alkyl halides is 1. The van der Waals surface area contributed by atoms with Crippen molar-refractivity contribution in [2.24, 2.45) is 0 Å². The van der Waals surface area contributed by atoms with Gasteiger partial charge >= 0.3 is 0 Å². The third-order valence-electron chi connectivity index (χ3n) is 2.71. The maximum Gasteiger partial charge on any atom is 0.128 e. The monoisotopic (exact) mass is 356 g/mol. The van der Waals surface area contributed by atoms with Crippen LogP contribution in [-0.2, 0) is 11.3 Å². The zero-order chi connectivity index (χ0) is 12.8. The largest absolute Gasteiger partial charge is 0.368 e.